The normalized spacial score (nSPS) is 10.5. The molecule has 6 heteroatoms. The van der Waals surface area contributed by atoms with Crippen molar-refractivity contribution in [3.63, 3.8) is 0 Å². The number of aryl methyl sites for hydroxylation is 1. The molecule has 0 unspecified atom stereocenters. The van der Waals surface area contributed by atoms with Crippen LogP contribution in [0.1, 0.15) is 26.3 Å². The van der Waals surface area contributed by atoms with Gasteiger partial charge in [0, 0.05) is 17.3 Å². The lowest BCUT2D eigenvalue weighted by atomic mass is 10.1. The van der Waals surface area contributed by atoms with Gasteiger partial charge in [0.05, 0.1) is 5.69 Å². The van der Waals surface area contributed by atoms with Crippen LogP contribution >= 0.6 is 0 Å². The van der Waals surface area contributed by atoms with Crippen LogP contribution in [0.5, 0.6) is 0 Å². The second-order valence-corrected chi connectivity index (χ2v) is 5.37. The van der Waals surface area contributed by atoms with Crippen LogP contribution in [-0.4, -0.2) is 26.8 Å². The first-order valence-electron chi connectivity index (χ1n) is 7.26. The highest BCUT2D eigenvalue weighted by Gasteiger charge is 2.18. The number of benzene rings is 2. The first-order valence-corrected chi connectivity index (χ1v) is 7.26. The van der Waals surface area contributed by atoms with Crippen LogP contribution in [0.25, 0.3) is 16.9 Å². The zero-order valence-electron chi connectivity index (χ0n) is 12.9. The number of nitrogens with two attached hydrogens (primary N) is 1. The van der Waals surface area contributed by atoms with Crippen LogP contribution in [-0.2, 0) is 0 Å². The van der Waals surface area contributed by atoms with E-state index in [1.807, 2.05) is 25.1 Å². The zero-order chi connectivity index (χ0) is 17.3. The molecule has 0 aliphatic rings. The average molecular weight is 321 g/mol. The predicted molar refractivity (Wildman–Crippen MR) is 89.2 cm³/mol. The molecule has 0 aliphatic heterocycles. The lowest BCUT2D eigenvalue weighted by molar-refractivity contribution is 0.0697. The van der Waals surface area contributed by atoms with Gasteiger partial charge in [0.15, 0.2) is 0 Å². The largest absolute Gasteiger partial charge is 0.478 e. The van der Waals surface area contributed by atoms with Crippen LogP contribution in [0.2, 0.25) is 0 Å². The van der Waals surface area contributed by atoms with Crippen molar-refractivity contribution in [3.05, 3.63) is 71.4 Å². The Balaban J connectivity index is 2.19. The van der Waals surface area contributed by atoms with Gasteiger partial charge < -0.3 is 10.8 Å². The Hall–Kier alpha value is -3.41. The van der Waals surface area contributed by atoms with Crippen LogP contribution in [0.3, 0.4) is 0 Å². The monoisotopic (exact) mass is 321 g/mol. The molecule has 0 fully saturated rings. The molecule has 3 aromatic rings. The van der Waals surface area contributed by atoms with E-state index in [4.69, 9.17) is 5.73 Å². The van der Waals surface area contributed by atoms with E-state index in [1.54, 1.807) is 30.3 Å². The van der Waals surface area contributed by atoms with Gasteiger partial charge in [0.1, 0.15) is 11.3 Å². The molecule has 6 nitrogen and oxygen atoms in total. The molecule has 2 aromatic carbocycles. The standard InChI is InChI=1S/C18H15N3O3/c1-11-7-8-13(17(19)22)9-15(11)21-10-14(18(23)24)16(20-21)12-5-3-2-4-6-12/h2-10H,1H3,(H2,19,22)(H,23,24). The summed E-state index contributed by atoms with van der Waals surface area (Å²) in [5, 5.41) is 13.9. The molecular weight excluding hydrogens is 306 g/mol. The number of aromatic nitrogens is 2. The van der Waals surface area contributed by atoms with Crippen molar-refractivity contribution in [3.8, 4) is 16.9 Å². The third-order valence-electron chi connectivity index (χ3n) is 3.73. The van der Waals surface area contributed by atoms with Gasteiger partial charge in [-0.05, 0) is 24.6 Å². The SMILES string of the molecule is Cc1ccc(C(N)=O)cc1-n1cc(C(=O)O)c(-c2ccccc2)n1. The fourth-order valence-corrected chi connectivity index (χ4v) is 2.47. The Labute approximate surface area is 138 Å². The van der Waals surface area contributed by atoms with E-state index in [1.165, 1.54) is 10.9 Å². The van der Waals surface area contributed by atoms with E-state index in [0.29, 0.717) is 22.5 Å². The number of carbonyl (C=O) groups excluding carboxylic acids is 1. The summed E-state index contributed by atoms with van der Waals surface area (Å²) in [5.41, 5.74) is 8.27. The molecule has 120 valence electrons. The van der Waals surface area contributed by atoms with E-state index in [-0.39, 0.29) is 5.56 Å². The molecule has 0 radical (unpaired) electrons. The smallest absolute Gasteiger partial charge is 0.339 e. The fourth-order valence-electron chi connectivity index (χ4n) is 2.47. The molecule has 1 aromatic heterocycles. The van der Waals surface area contributed by atoms with Gasteiger partial charge in [-0.25, -0.2) is 9.48 Å². The van der Waals surface area contributed by atoms with Crippen molar-refractivity contribution in [2.45, 2.75) is 6.92 Å². The Bertz CT molecular complexity index is 930. The highest BCUT2D eigenvalue weighted by Crippen LogP contribution is 2.25. The minimum atomic E-state index is -1.07. The molecule has 0 spiro atoms. The molecule has 24 heavy (non-hydrogen) atoms. The predicted octanol–water partition coefficient (Wildman–Crippen LogP) is 2.64. The van der Waals surface area contributed by atoms with E-state index in [0.717, 1.165) is 5.56 Å². The number of hydrogen-bond donors (Lipinski definition) is 2. The van der Waals surface area contributed by atoms with Gasteiger partial charge in [-0.3, -0.25) is 4.79 Å². The van der Waals surface area contributed by atoms with E-state index in [9.17, 15) is 14.7 Å². The van der Waals surface area contributed by atoms with Crippen LogP contribution in [0.4, 0.5) is 0 Å². The molecule has 0 aliphatic carbocycles. The van der Waals surface area contributed by atoms with Crippen LogP contribution in [0, 0.1) is 6.92 Å². The molecule has 0 saturated heterocycles. The summed E-state index contributed by atoms with van der Waals surface area (Å²) in [5.74, 6) is -1.62. The molecule has 0 atom stereocenters. The van der Waals surface area contributed by atoms with Crippen LogP contribution in [0.15, 0.2) is 54.7 Å². The number of carbonyl (C=O) groups is 2. The second kappa shape index (κ2) is 6.00. The quantitative estimate of drug-likeness (QED) is 0.771. The van der Waals surface area contributed by atoms with Gasteiger partial charge in [0.25, 0.3) is 0 Å². The number of hydrogen-bond acceptors (Lipinski definition) is 3. The Morgan fingerprint density at radius 1 is 1.12 bits per heavy atom. The Morgan fingerprint density at radius 3 is 2.46 bits per heavy atom. The number of carboxylic acid groups (broad SMARTS) is 1. The van der Waals surface area contributed by atoms with Crippen molar-refractivity contribution >= 4 is 11.9 Å². The minimum Gasteiger partial charge on any atom is -0.478 e. The van der Waals surface area contributed by atoms with Crippen molar-refractivity contribution in [1.29, 1.82) is 0 Å². The van der Waals surface area contributed by atoms with Gasteiger partial charge in [-0.1, -0.05) is 36.4 Å². The summed E-state index contributed by atoms with van der Waals surface area (Å²) in [7, 11) is 0. The maximum Gasteiger partial charge on any atom is 0.339 e. The molecule has 1 heterocycles. The third kappa shape index (κ3) is 2.77. The highest BCUT2D eigenvalue weighted by atomic mass is 16.4. The van der Waals surface area contributed by atoms with Crippen molar-refractivity contribution in [2.75, 3.05) is 0 Å². The van der Waals surface area contributed by atoms with Gasteiger partial charge in [0.2, 0.25) is 5.91 Å². The summed E-state index contributed by atoms with van der Waals surface area (Å²) in [6.07, 6.45) is 1.44. The van der Waals surface area contributed by atoms with Crippen molar-refractivity contribution < 1.29 is 14.7 Å². The van der Waals surface area contributed by atoms with Crippen LogP contribution < -0.4 is 5.73 Å². The molecule has 3 rings (SSSR count). The minimum absolute atomic E-state index is 0.0880. The van der Waals surface area contributed by atoms with Crippen molar-refractivity contribution in [1.82, 2.24) is 9.78 Å². The first-order chi connectivity index (χ1) is 11.5. The number of aromatic carboxylic acids is 1. The maximum absolute atomic E-state index is 11.6. The van der Waals surface area contributed by atoms with Gasteiger partial charge in [-0.2, -0.15) is 5.10 Å². The summed E-state index contributed by atoms with van der Waals surface area (Å²) >= 11 is 0. The number of nitrogens with zero attached hydrogens (tertiary/aromatic N) is 2. The maximum atomic E-state index is 11.6. The average Bonchev–Trinajstić information content (AvgIpc) is 3.01. The lowest BCUT2D eigenvalue weighted by Gasteiger charge is -2.07. The topological polar surface area (TPSA) is 98.2 Å². The second-order valence-electron chi connectivity index (χ2n) is 5.37. The lowest BCUT2D eigenvalue weighted by Crippen LogP contribution is -2.12. The molecular formula is C18H15N3O3. The molecule has 3 N–H and O–H groups in total. The summed E-state index contributed by atoms with van der Waals surface area (Å²) in [6, 6.07) is 14.1. The number of amides is 1. The summed E-state index contributed by atoms with van der Waals surface area (Å²) in [4.78, 5) is 23.0. The summed E-state index contributed by atoms with van der Waals surface area (Å²) < 4.78 is 1.47. The van der Waals surface area contributed by atoms with E-state index >= 15 is 0 Å². The number of primary amides is 1. The molecule has 0 bridgehead atoms. The number of carboxylic acids is 1. The van der Waals surface area contributed by atoms with Gasteiger partial charge in [-0.15, -0.1) is 0 Å². The van der Waals surface area contributed by atoms with Crippen molar-refractivity contribution in [2.24, 2.45) is 5.73 Å². The highest BCUT2D eigenvalue weighted by molar-refractivity contribution is 5.95. The van der Waals surface area contributed by atoms with E-state index in [2.05, 4.69) is 5.10 Å². The zero-order valence-corrected chi connectivity index (χ0v) is 12.9. The Morgan fingerprint density at radius 2 is 1.83 bits per heavy atom. The third-order valence-corrected chi connectivity index (χ3v) is 3.73. The van der Waals surface area contributed by atoms with Gasteiger partial charge >= 0.3 is 5.97 Å². The van der Waals surface area contributed by atoms with E-state index < -0.39 is 11.9 Å². The fraction of sp³-hybridized carbons (Fsp3) is 0.0556. The number of rotatable bonds is 4. The Kier molecular flexibility index (Phi) is 3.87. The first kappa shape index (κ1) is 15.5. The summed E-state index contributed by atoms with van der Waals surface area (Å²) in [6.45, 7) is 1.85. The molecule has 0 saturated carbocycles. The molecule has 1 amide bonds.